The zero-order chi connectivity index (χ0) is 11.0. The number of carbonyl (C=O) groups is 2. The first-order valence-electron chi connectivity index (χ1n) is 4.23. The van der Waals surface area contributed by atoms with Crippen LogP contribution in [0, 0.1) is 0 Å². The Kier molecular flexibility index (Phi) is 6.39. The van der Waals surface area contributed by atoms with E-state index in [0.717, 1.165) is 0 Å². The number of carbonyl (C=O) groups excluding carboxylic acids is 1. The van der Waals surface area contributed by atoms with Gasteiger partial charge in [0.15, 0.2) is 0 Å². The molecule has 0 saturated carbocycles. The minimum Gasteiger partial charge on any atom is -0.477 e. The van der Waals surface area contributed by atoms with Gasteiger partial charge in [-0.25, -0.2) is 9.59 Å². The SMILES string of the molecule is CCOC(=O)C(=CCCOC)C(=O)O. The summed E-state index contributed by atoms with van der Waals surface area (Å²) in [6.45, 7) is 2.15. The molecule has 0 aromatic carbocycles. The normalized spacial score (nSPS) is 11.1. The van der Waals surface area contributed by atoms with Crippen LogP contribution in [0.15, 0.2) is 11.6 Å². The van der Waals surface area contributed by atoms with Gasteiger partial charge in [0.2, 0.25) is 0 Å². The van der Waals surface area contributed by atoms with E-state index in [1.54, 1.807) is 6.92 Å². The van der Waals surface area contributed by atoms with Crippen LogP contribution in [0.2, 0.25) is 0 Å². The summed E-state index contributed by atoms with van der Waals surface area (Å²) < 4.78 is 9.29. The number of esters is 1. The zero-order valence-electron chi connectivity index (χ0n) is 8.28. The van der Waals surface area contributed by atoms with Crippen LogP contribution in [0.4, 0.5) is 0 Å². The molecular formula is C9H14O5. The lowest BCUT2D eigenvalue weighted by Gasteiger charge is -2.01. The van der Waals surface area contributed by atoms with E-state index in [1.165, 1.54) is 13.2 Å². The number of hydrogen-bond donors (Lipinski definition) is 1. The van der Waals surface area contributed by atoms with E-state index in [0.29, 0.717) is 13.0 Å². The smallest absolute Gasteiger partial charge is 0.345 e. The Labute approximate surface area is 82.3 Å². The molecule has 0 aromatic heterocycles. The van der Waals surface area contributed by atoms with Crippen molar-refractivity contribution < 1.29 is 24.2 Å². The molecule has 0 aliphatic carbocycles. The lowest BCUT2D eigenvalue weighted by molar-refractivity contribution is -0.143. The largest absolute Gasteiger partial charge is 0.477 e. The molecule has 0 unspecified atom stereocenters. The molecule has 5 nitrogen and oxygen atoms in total. The van der Waals surface area contributed by atoms with Gasteiger partial charge >= 0.3 is 11.9 Å². The Morgan fingerprint density at radius 1 is 1.43 bits per heavy atom. The fraction of sp³-hybridized carbons (Fsp3) is 0.556. The van der Waals surface area contributed by atoms with E-state index in [9.17, 15) is 9.59 Å². The number of carboxylic acid groups (broad SMARTS) is 1. The number of aliphatic carboxylic acids is 1. The van der Waals surface area contributed by atoms with Gasteiger partial charge in [-0.3, -0.25) is 0 Å². The number of ether oxygens (including phenoxy) is 2. The van der Waals surface area contributed by atoms with E-state index in [4.69, 9.17) is 9.84 Å². The Balaban J connectivity index is 4.35. The molecule has 0 radical (unpaired) electrons. The van der Waals surface area contributed by atoms with Gasteiger partial charge in [-0.2, -0.15) is 0 Å². The highest BCUT2D eigenvalue weighted by Crippen LogP contribution is 2.01. The average molecular weight is 202 g/mol. The van der Waals surface area contributed by atoms with Crippen molar-refractivity contribution in [3.8, 4) is 0 Å². The van der Waals surface area contributed by atoms with Crippen molar-refractivity contribution in [3.63, 3.8) is 0 Å². The van der Waals surface area contributed by atoms with Crippen LogP contribution in [-0.4, -0.2) is 37.4 Å². The summed E-state index contributed by atoms with van der Waals surface area (Å²) in [7, 11) is 1.50. The van der Waals surface area contributed by atoms with Crippen LogP contribution < -0.4 is 0 Å². The van der Waals surface area contributed by atoms with E-state index >= 15 is 0 Å². The molecule has 0 atom stereocenters. The predicted octanol–water partition coefficient (Wildman–Crippen LogP) is 0.597. The fourth-order valence-corrected chi connectivity index (χ4v) is 0.788. The van der Waals surface area contributed by atoms with Crippen molar-refractivity contribution in [2.24, 2.45) is 0 Å². The minimum atomic E-state index is -1.28. The number of rotatable bonds is 6. The second kappa shape index (κ2) is 7.08. The number of hydrogen-bond acceptors (Lipinski definition) is 4. The molecule has 14 heavy (non-hydrogen) atoms. The lowest BCUT2D eigenvalue weighted by Crippen LogP contribution is -2.15. The summed E-state index contributed by atoms with van der Waals surface area (Å²) in [6.07, 6.45) is 1.67. The minimum absolute atomic E-state index is 0.160. The fourth-order valence-electron chi connectivity index (χ4n) is 0.788. The van der Waals surface area contributed by atoms with Gasteiger partial charge < -0.3 is 14.6 Å². The molecule has 0 rings (SSSR count). The quantitative estimate of drug-likeness (QED) is 0.224. The highest BCUT2D eigenvalue weighted by molar-refractivity contribution is 6.13. The van der Waals surface area contributed by atoms with Gasteiger partial charge in [0.25, 0.3) is 0 Å². The lowest BCUT2D eigenvalue weighted by atomic mass is 10.2. The van der Waals surface area contributed by atoms with Crippen LogP contribution in [0.1, 0.15) is 13.3 Å². The second-order valence-electron chi connectivity index (χ2n) is 2.42. The van der Waals surface area contributed by atoms with E-state index in [2.05, 4.69) is 4.74 Å². The van der Waals surface area contributed by atoms with E-state index < -0.39 is 11.9 Å². The van der Waals surface area contributed by atoms with Crippen molar-refractivity contribution >= 4 is 11.9 Å². The third-order valence-electron chi connectivity index (χ3n) is 1.40. The molecule has 0 heterocycles. The standard InChI is InChI=1S/C9H14O5/c1-3-14-9(12)7(8(10)11)5-4-6-13-2/h5H,3-4,6H2,1-2H3,(H,10,11). The number of carboxylic acids is 1. The van der Waals surface area contributed by atoms with Crippen LogP contribution in [0.25, 0.3) is 0 Å². The molecule has 0 aliphatic heterocycles. The summed E-state index contributed by atoms with van der Waals surface area (Å²) in [5.74, 6) is -2.09. The summed E-state index contributed by atoms with van der Waals surface area (Å²) in [6, 6.07) is 0. The van der Waals surface area contributed by atoms with E-state index in [1.807, 2.05) is 0 Å². The molecule has 0 saturated heterocycles. The Bertz CT molecular complexity index is 231. The van der Waals surface area contributed by atoms with Crippen LogP contribution in [-0.2, 0) is 19.1 Å². The maximum atomic E-state index is 11.1. The Hall–Kier alpha value is -1.36. The third-order valence-corrected chi connectivity index (χ3v) is 1.40. The first-order chi connectivity index (χ1) is 6.63. The first kappa shape index (κ1) is 12.6. The maximum absolute atomic E-state index is 11.1. The molecule has 0 fully saturated rings. The van der Waals surface area contributed by atoms with Gasteiger partial charge in [0.1, 0.15) is 5.57 Å². The molecule has 0 amide bonds. The Morgan fingerprint density at radius 3 is 2.50 bits per heavy atom. The molecule has 0 bridgehead atoms. The first-order valence-corrected chi connectivity index (χ1v) is 4.23. The predicted molar refractivity (Wildman–Crippen MR) is 48.8 cm³/mol. The molecule has 0 aliphatic rings. The van der Waals surface area contributed by atoms with Crippen LogP contribution in [0.5, 0.6) is 0 Å². The van der Waals surface area contributed by atoms with Gasteiger partial charge in [0, 0.05) is 13.7 Å². The zero-order valence-corrected chi connectivity index (χ0v) is 8.28. The van der Waals surface area contributed by atoms with Gasteiger partial charge in [-0.1, -0.05) is 6.08 Å². The molecular weight excluding hydrogens is 188 g/mol. The second-order valence-corrected chi connectivity index (χ2v) is 2.42. The Morgan fingerprint density at radius 2 is 2.07 bits per heavy atom. The van der Waals surface area contributed by atoms with Crippen molar-refractivity contribution in [2.75, 3.05) is 20.3 Å². The topological polar surface area (TPSA) is 72.8 Å². The average Bonchev–Trinajstić information content (AvgIpc) is 2.12. The van der Waals surface area contributed by atoms with Gasteiger partial charge in [-0.15, -0.1) is 0 Å². The maximum Gasteiger partial charge on any atom is 0.345 e. The molecule has 0 aromatic rings. The van der Waals surface area contributed by atoms with Crippen LogP contribution in [0.3, 0.4) is 0 Å². The summed E-state index contributed by atoms with van der Waals surface area (Å²) in [5.41, 5.74) is -0.344. The number of methoxy groups -OCH3 is 1. The van der Waals surface area contributed by atoms with E-state index in [-0.39, 0.29) is 12.2 Å². The van der Waals surface area contributed by atoms with Crippen LogP contribution >= 0.6 is 0 Å². The van der Waals surface area contributed by atoms with Gasteiger partial charge in [0.05, 0.1) is 6.61 Å². The van der Waals surface area contributed by atoms with Crippen molar-refractivity contribution in [1.29, 1.82) is 0 Å². The molecule has 80 valence electrons. The summed E-state index contributed by atoms with van der Waals surface area (Å²) in [4.78, 5) is 21.7. The van der Waals surface area contributed by atoms with Crippen molar-refractivity contribution in [2.45, 2.75) is 13.3 Å². The highest BCUT2D eigenvalue weighted by atomic mass is 16.5. The molecule has 0 spiro atoms. The summed E-state index contributed by atoms with van der Waals surface area (Å²) in [5, 5.41) is 8.66. The molecule has 1 N–H and O–H groups in total. The molecule has 5 heteroatoms. The monoisotopic (exact) mass is 202 g/mol. The summed E-state index contributed by atoms with van der Waals surface area (Å²) >= 11 is 0. The van der Waals surface area contributed by atoms with Crippen molar-refractivity contribution in [1.82, 2.24) is 0 Å². The highest BCUT2D eigenvalue weighted by Gasteiger charge is 2.17. The third kappa shape index (κ3) is 4.61. The van der Waals surface area contributed by atoms with Gasteiger partial charge in [-0.05, 0) is 13.3 Å². The van der Waals surface area contributed by atoms with Crippen molar-refractivity contribution in [3.05, 3.63) is 11.6 Å².